The van der Waals surface area contributed by atoms with E-state index in [-0.39, 0.29) is 20.4 Å². The maximum absolute atomic E-state index is 5.76. The van der Waals surface area contributed by atoms with Crippen molar-refractivity contribution in [2.75, 3.05) is 5.73 Å². The monoisotopic (exact) mass is 416 g/mol. The number of fused-ring (bicyclic) bond motifs is 1. The van der Waals surface area contributed by atoms with Crippen LogP contribution in [0.2, 0.25) is 0 Å². The molecule has 1 radical (unpaired) electrons. The van der Waals surface area contributed by atoms with E-state index in [2.05, 4.69) is 21.8 Å². The van der Waals surface area contributed by atoms with Gasteiger partial charge in [-0.05, 0) is 18.4 Å². The standard InChI is InChI=1S/C11H11N4.C2H6.Re/c1-3-5-7-8-6-13-15-10(8)11(12)14-9(7)4-2;1-2;/h3-6H,2H2,1H3,(H2-,12,13,14,15);1-2H3;/q-1;;/b5-3-;;. The van der Waals surface area contributed by atoms with Crippen LogP contribution in [0.3, 0.4) is 0 Å². The van der Waals surface area contributed by atoms with Gasteiger partial charge in [0.15, 0.2) is 0 Å². The number of aromatic nitrogens is 3. The average molecular weight is 416 g/mol. The predicted molar refractivity (Wildman–Crippen MR) is 73.4 cm³/mol. The summed E-state index contributed by atoms with van der Waals surface area (Å²) < 4.78 is 0. The van der Waals surface area contributed by atoms with Crippen molar-refractivity contribution in [3.8, 4) is 0 Å². The number of hydrogen-bond acceptors (Lipinski definition) is 3. The molecule has 4 nitrogen and oxygen atoms in total. The van der Waals surface area contributed by atoms with Crippen LogP contribution < -0.4 is 10.8 Å². The minimum Gasteiger partial charge on any atom is -0.581 e. The van der Waals surface area contributed by atoms with Gasteiger partial charge in [0, 0.05) is 26.0 Å². The van der Waals surface area contributed by atoms with E-state index in [0.717, 1.165) is 16.6 Å². The zero-order chi connectivity index (χ0) is 12.8. The van der Waals surface area contributed by atoms with E-state index < -0.39 is 0 Å². The van der Waals surface area contributed by atoms with Gasteiger partial charge in [-0.25, -0.2) is 4.98 Å². The minimum absolute atomic E-state index is 0. The minimum atomic E-state index is 0. The van der Waals surface area contributed by atoms with E-state index in [1.807, 2.05) is 32.9 Å². The molecule has 0 unspecified atom stereocenters. The van der Waals surface area contributed by atoms with Gasteiger partial charge in [0.1, 0.15) is 5.82 Å². The average Bonchev–Trinajstić information content (AvgIpc) is 2.85. The summed E-state index contributed by atoms with van der Waals surface area (Å²) in [7, 11) is 0. The maximum Gasteiger partial charge on any atom is 0.148 e. The summed E-state index contributed by atoms with van der Waals surface area (Å²) in [6.07, 6.45) is 7.26. The van der Waals surface area contributed by atoms with E-state index in [0.29, 0.717) is 11.3 Å². The van der Waals surface area contributed by atoms with Gasteiger partial charge in [-0.3, -0.25) is 0 Å². The largest absolute Gasteiger partial charge is 0.581 e. The van der Waals surface area contributed by atoms with Gasteiger partial charge in [0.2, 0.25) is 0 Å². The molecule has 0 amide bonds. The van der Waals surface area contributed by atoms with Crippen LogP contribution in [0.4, 0.5) is 5.82 Å². The fourth-order valence-electron chi connectivity index (χ4n) is 1.52. The summed E-state index contributed by atoms with van der Waals surface area (Å²) in [4.78, 5) is 4.22. The smallest absolute Gasteiger partial charge is 0.148 e. The first-order valence-electron chi connectivity index (χ1n) is 5.60. The van der Waals surface area contributed by atoms with Crippen LogP contribution >= 0.6 is 0 Å². The molecule has 0 fully saturated rings. The van der Waals surface area contributed by atoms with Gasteiger partial charge in [-0.1, -0.05) is 32.6 Å². The first kappa shape index (κ1) is 16.6. The Balaban J connectivity index is 0.000000917. The zero-order valence-corrected chi connectivity index (χ0v) is 13.5. The third-order valence-electron chi connectivity index (χ3n) is 2.18. The molecule has 0 aliphatic rings. The molecule has 0 bridgehead atoms. The second-order valence-electron chi connectivity index (χ2n) is 3.11. The van der Waals surface area contributed by atoms with Crippen molar-refractivity contribution in [3.63, 3.8) is 0 Å². The van der Waals surface area contributed by atoms with Crippen molar-refractivity contribution in [2.24, 2.45) is 0 Å². The van der Waals surface area contributed by atoms with Gasteiger partial charge in [-0.2, -0.15) is 6.20 Å². The van der Waals surface area contributed by atoms with Crippen LogP contribution in [0.5, 0.6) is 0 Å². The Hall–Kier alpha value is -1.44. The molecule has 2 aromatic rings. The van der Waals surface area contributed by atoms with Crippen molar-refractivity contribution >= 4 is 28.9 Å². The molecule has 18 heavy (non-hydrogen) atoms. The molecular weight excluding hydrogens is 398 g/mol. The van der Waals surface area contributed by atoms with E-state index >= 15 is 0 Å². The number of pyridine rings is 1. The molecular formula is C13H17N4Re-. The Morgan fingerprint density at radius 2 is 2.06 bits per heavy atom. The Morgan fingerprint density at radius 3 is 2.61 bits per heavy atom. The molecule has 2 aromatic heterocycles. The summed E-state index contributed by atoms with van der Waals surface area (Å²) in [5.74, 6) is 0.394. The van der Waals surface area contributed by atoms with Crippen molar-refractivity contribution in [1.82, 2.24) is 15.2 Å². The molecule has 0 aliphatic heterocycles. The van der Waals surface area contributed by atoms with Crippen LogP contribution in [-0.4, -0.2) is 10.1 Å². The van der Waals surface area contributed by atoms with E-state index in [9.17, 15) is 0 Å². The number of nitrogens with two attached hydrogens (primary N) is 1. The SMILES string of the molecule is C=Cc1nc(N)c2n[n-]cc2c1/C=C\C.CC.[Re]. The molecule has 0 spiro atoms. The normalized spacial score (nSPS) is 9.72. The Bertz CT molecular complexity index is 543. The summed E-state index contributed by atoms with van der Waals surface area (Å²) in [6, 6.07) is 0. The Labute approximate surface area is 121 Å². The quantitative estimate of drug-likeness (QED) is 0.819. The summed E-state index contributed by atoms with van der Waals surface area (Å²) in [5, 5.41) is 8.69. The summed E-state index contributed by atoms with van der Waals surface area (Å²) in [5.41, 5.74) is 8.12. The van der Waals surface area contributed by atoms with Crippen molar-refractivity contribution in [1.29, 1.82) is 0 Å². The molecule has 0 saturated heterocycles. The Morgan fingerprint density at radius 1 is 1.39 bits per heavy atom. The van der Waals surface area contributed by atoms with Crippen LogP contribution in [0.25, 0.3) is 23.1 Å². The molecule has 0 atom stereocenters. The van der Waals surface area contributed by atoms with Crippen molar-refractivity contribution in [3.05, 3.63) is 30.1 Å². The molecule has 0 aliphatic carbocycles. The number of anilines is 1. The van der Waals surface area contributed by atoms with Gasteiger partial charge >= 0.3 is 0 Å². The van der Waals surface area contributed by atoms with Crippen LogP contribution in [0.1, 0.15) is 32.0 Å². The molecule has 2 heterocycles. The van der Waals surface area contributed by atoms with E-state index in [1.165, 1.54) is 0 Å². The second kappa shape index (κ2) is 7.81. The molecule has 0 aromatic carbocycles. The van der Waals surface area contributed by atoms with Crippen LogP contribution in [-0.2, 0) is 20.4 Å². The van der Waals surface area contributed by atoms with E-state index in [1.54, 1.807) is 12.3 Å². The van der Waals surface area contributed by atoms with Gasteiger partial charge in [0.05, 0.1) is 11.2 Å². The number of allylic oxidation sites excluding steroid dienone is 1. The molecule has 97 valence electrons. The molecule has 2 rings (SSSR count). The van der Waals surface area contributed by atoms with Crippen molar-refractivity contribution in [2.45, 2.75) is 20.8 Å². The fourth-order valence-corrected chi connectivity index (χ4v) is 1.52. The summed E-state index contributed by atoms with van der Waals surface area (Å²) in [6.45, 7) is 9.66. The number of nitrogens with zero attached hydrogens (tertiary/aromatic N) is 3. The summed E-state index contributed by atoms with van der Waals surface area (Å²) >= 11 is 0. The first-order chi connectivity index (χ1) is 8.27. The number of rotatable bonds is 2. The van der Waals surface area contributed by atoms with Crippen LogP contribution in [0.15, 0.2) is 18.9 Å². The fraction of sp³-hybridized carbons (Fsp3) is 0.231. The first-order valence-corrected chi connectivity index (χ1v) is 5.60. The van der Waals surface area contributed by atoms with Crippen molar-refractivity contribution < 1.29 is 20.4 Å². The predicted octanol–water partition coefficient (Wildman–Crippen LogP) is 2.87. The Kier molecular flexibility index (Phi) is 7.18. The maximum atomic E-state index is 5.76. The molecule has 5 heteroatoms. The third kappa shape index (κ3) is 3.06. The molecule has 0 saturated carbocycles. The van der Waals surface area contributed by atoms with Gasteiger partial charge in [-0.15, -0.1) is 0 Å². The molecule has 2 N–H and O–H groups in total. The van der Waals surface area contributed by atoms with Gasteiger partial charge < -0.3 is 15.9 Å². The topological polar surface area (TPSA) is 65.9 Å². The third-order valence-corrected chi connectivity index (χ3v) is 2.18. The second-order valence-corrected chi connectivity index (χ2v) is 3.11. The number of nitrogen functional groups attached to an aromatic ring is 1. The number of hydrogen-bond donors (Lipinski definition) is 1. The van der Waals surface area contributed by atoms with Crippen LogP contribution in [0, 0.1) is 0 Å². The van der Waals surface area contributed by atoms with Gasteiger partial charge in [0.25, 0.3) is 0 Å². The zero-order valence-electron chi connectivity index (χ0n) is 10.8. The van der Waals surface area contributed by atoms with E-state index in [4.69, 9.17) is 5.73 Å².